The van der Waals surface area contributed by atoms with Crippen LogP contribution in [-0.2, 0) is 0 Å². The fourth-order valence-electron chi connectivity index (χ4n) is 1.54. The molecule has 1 atom stereocenters. The molecule has 1 aromatic rings. The Morgan fingerprint density at radius 2 is 1.95 bits per heavy atom. The number of nitrogens with one attached hydrogen (secondary N) is 2. The first-order chi connectivity index (χ1) is 9.16. The molecule has 0 aromatic carbocycles. The Morgan fingerprint density at radius 1 is 1.35 bits per heavy atom. The van der Waals surface area contributed by atoms with Gasteiger partial charge >= 0.3 is 5.69 Å². The van der Waals surface area contributed by atoms with Crippen molar-refractivity contribution in [3.8, 4) is 0 Å². The predicted octanol–water partition coefficient (Wildman–Crippen LogP) is 2.97. The summed E-state index contributed by atoms with van der Waals surface area (Å²) in [5.41, 5.74) is 0.248. The highest BCUT2D eigenvalue weighted by Gasteiger charge is 2.27. The number of hydrogen-bond donors (Lipinski definition) is 2. The molecule has 0 saturated carbocycles. The maximum absolute atomic E-state index is 11.2. The van der Waals surface area contributed by atoms with E-state index >= 15 is 0 Å². The summed E-state index contributed by atoms with van der Waals surface area (Å²) in [5.74, 6) is 0.667. The van der Waals surface area contributed by atoms with E-state index in [4.69, 9.17) is 0 Å². The lowest BCUT2D eigenvalue weighted by atomic mass is 9.88. The maximum atomic E-state index is 11.2. The van der Waals surface area contributed by atoms with Gasteiger partial charge in [0.25, 0.3) is 0 Å². The van der Waals surface area contributed by atoms with E-state index in [0.29, 0.717) is 18.2 Å². The first kappa shape index (κ1) is 16.1. The van der Waals surface area contributed by atoms with Gasteiger partial charge in [-0.15, -0.1) is 0 Å². The van der Waals surface area contributed by atoms with Crippen molar-refractivity contribution in [1.82, 2.24) is 9.97 Å². The van der Waals surface area contributed by atoms with Crippen LogP contribution in [0.2, 0.25) is 0 Å². The maximum Gasteiger partial charge on any atom is 0.332 e. The molecule has 0 aliphatic carbocycles. The second-order valence-corrected chi connectivity index (χ2v) is 5.85. The SMILES string of the molecule is CCNc1nc(C)c([N+](=O)[O-])c(NC(C)C(C)(C)C)n1. The average Bonchev–Trinajstić information content (AvgIpc) is 2.26. The van der Waals surface area contributed by atoms with Crippen molar-refractivity contribution in [1.29, 1.82) is 0 Å². The topological polar surface area (TPSA) is 93.0 Å². The summed E-state index contributed by atoms with van der Waals surface area (Å²) in [7, 11) is 0. The zero-order chi connectivity index (χ0) is 15.5. The summed E-state index contributed by atoms with van der Waals surface area (Å²) in [6.45, 7) is 12.4. The highest BCUT2D eigenvalue weighted by atomic mass is 16.6. The lowest BCUT2D eigenvalue weighted by Crippen LogP contribution is -2.31. The van der Waals surface area contributed by atoms with Crippen LogP contribution in [0.5, 0.6) is 0 Å². The van der Waals surface area contributed by atoms with Crippen LogP contribution in [0, 0.1) is 22.5 Å². The third kappa shape index (κ3) is 3.79. The Morgan fingerprint density at radius 3 is 2.40 bits per heavy atom. The molecule has 1 rings (SSSR count). The summed E-state index contributed by atoms with van der Waals surface area (Å²) in [6.07, 6.45) is 0. The number of aromatic nitrogens is 2. The van der Waals surface area contributed by atoms with Gasteiger partial charge in [-0.05, 0) is 26.2 Å². The van der Waals surface area contributed by atoms with Crippen molar-refractivity contribution in [3.63, 3.8) is 0 Å². The van der Waals surface area contributed by atoms with Crippen molar-refractivity contribution in [2.24, 2.45) is 5.41 Å². The molecule has 7 nitrogen and oxygen atoms in total. The highest BCUT2D eigenvalue weighted by molar-refractivity contribution is 5.61. The minimum Gasteiger partial charge on any atom is -0.361 e. The molecule has 0 aliphatic heterocycles. The smallest absolute Gasteiger partial charge is 0.332 e. The lowest BCUT2D eigenvalue weighted by molar-refractivity contribution is -0.385. The van der Waals surface area contributed by atoms with Crippen molar-refractivity contribution in [3.05, 3.63) is 15.8 Å². The molecule has 112 valence electrons. The minimum atomic E-state index is -0.442. The van der Waals surface area contributed by atoms with Gasteiger partial charge in [0.05, 0.1) is 4.92 Å². The normalized spacial score (nSPS) is 12.9. The fraction of sp³-hybridized carbons (Fsp3) is 0.692. The fourth-order valence-corrected chi connectivity index (χ4v) is 1.54. The van der Waals surface area contributed by atoms with Gasteiger partial charge in [-0.1, -0.05) is 20.8 Å². The van der Waals surface area contributed by atoms with Crippen molar-refractivity contribution < 1.29 is 4.92 Å². The molecular formula is C13H23N5O2. The molecule has 0 amide bonds. The quantitative estimate of drug-likeness (QED) is 0.636. The van der Waals surface area contributed by atoms with E-state index in [1.807, 2.05) is 13.8 Å². The lowest BCUT2D eigenvalue weighted by Gasteiger charge is -2.28. The highest BCUT2D eigenvalue weighted by Crippen LogP contribution is 2.30. The average molecular weight is 281 g/mol. The van der Waals surface area contributed by atoms with Gasteiger partial charge in [0.15, 0.2) is 0 Å². The van der Waals surface area contributed by atoms with Gasteiger partial charge in [-0.25, -0.2) is 4.98 Å². The van der Waals surface area contributed by atoms with E-state index in [1.54, 1.807) is 6.92 Å². The van der Waals surface area contributed by atoms with Crippen LogP contribution >= 0.6 is 0 Å². The Bertz CT molecular complexity index is 496. The van der Waals surface area contributed by atoms with E-state index in [-0.39, 0.29) is 23.0 Å². The van der Waals surface area contributed by atoms with Crippen LogP contribution in [0.4, 0.5) is 17.5 Å². The van der Waals surface area contributed by atoms with Crippen molar-refractivity contribution >= 4 is 17.5 Å². The van der Waals surface area contributed by atoms with E-state index in [0.717, 1.165) is 0 Å². The molecule has 0 bridgehead atoms. The van der Waals surface area contributed by atoms with Crippen molar-refractivity contribution in [2.75, 3.05) is 17.2 Å². The molecule has 1 unspecified atom stereocenters. The Hall–Kier alpha value is -1.92. The molecule has 0 aliphatic rings. The monoisotopic (exact) mass is 281 g/mol. The number of nitrogens with zero attached hydrogens (tertiary/aromatic N) is 3. The number of nitro groups is 1. The van der Waals surface area contributed by atoms with Crippen LogP contribution < -0.4 is 10.6 Å². The minimum absolute atomic E-state index is 0.0324. The van der Waals surface area contributed by atoms with Crippen LogP contribution in [0.3, 0.4) is 0 Å². The summed E-state index contributed by atoms with van der Waals surface area (Å²) < 4.78 is 0. The van der Waals surface area contributed by atoms with E-state index in [2.05, 4.69) is 41.4 Å². The Labute approximate surface area is 119 Å². The zero-order valence-corrected chi connectivity index (χ0v) is 12.9. The van der Waals surface area contributed by atoms with Crippen LogP contribution in [0.25, 0.3) is 0 Å². The zero-order valence-electron chi connectivity index (χ0n) is 12.9. The number of aryl methyl sites for hydroxylation is 1. The molecule has 7 heteroatoms. The molecular weight excluding hydrogens is 258 g/mol. The van der Waals surface area contributed by atoms with Gasteiger partial charge in [0, 0.05) is 12.6 Å². The second kappa shape index (κ2) is 6.02. The van der Waals surface area contributed by atoms with Gasteiger partial charge in [0.2, 0.25) is 11.8 Å². The summed E-state index contributed by atoms with van der Waals surface area (Å²) in [6, 6.07) is 0.0324. The number of rotatable bonds is 5. The molecule has 0 fully saturated rings. The Kier molecular flexibility index (Phi) is 4.86. The standard InChI is InChI=1S/C13H23N5O2/c1-7-14-12-15-8(2)10(18(19)20)11(17-12)16-9(3)13(4,5)6/h9H,7H2,1-6H3,(H2,14,15,16,17). The number of hydrogen-bond acceptors (Lipinski definition) is 6. The first-order valence-electron chi connectivity index (χ1n) is 6.70. The third-order valence-corrected chi connectivity index (χ3v) is 3.23. The van der Waals surface area contributed by atoms with Gasteiger partial charge in [0.1, 0.15) is 5.69 Å². The molecule has 1 heterocycles. The molecule has 0 saturated heterocycles. The largest absolute Gasteiger partial charge is 0.361 e. The van der Waals surface area contributed by atoms with Crippen LogP contribution in [0.1, 0.15) is 40.3 Å². The summed E-state index contributed by atoms with van der Waals surface area (Å²) in [4.78, 5) is 19.1. The molecule has 0 radical (unpaired) electrons. The van der Waals surface area contributed by atoms with Gasteiger partial charge in [-0.3, -0.25) is 10.1 Å². The Balaban J connectivity index is 3.23. The summed E-state index contributed by atoms with van der Waals surface area (Å²) in [5, 5.41) is 17.3. The van der Waals surface area contributed by atoms with Crippen LogP contribution in [0.15, 0.2) is 0 Å². The summed E-state index contributed by atoms with van der Waals surface area (Å²) >= 11 is 0. The number of anilines is 2. The van der Waals surface area contributed by atoms with Gasteiger partial charge in [-0.2, -0.15) is 4.98 Å². The van der Waals surface area contributed by atoms with Gasteiger partial charge < -0.3 is 10.6 Å². The third-order valence-electron chi connectivity index (χ3n) is 3.23. The van der Waals surface area contributed by atoms with E-state index in [9.17, 15) is 10.1 Å². The van der Waals surface area contributed by atoms with E-state index < -0.39 is 4.92 Å². The van der Waals surface area contributed by atoms with Crippen LogP contribution in [-0.4, -0.2) is 27.5 Å². The first-order valence-corrected chi connectivity index (χ1v) is 6.70. The second-order valence-electron chi connectivity index (χ2n) is 5.85. The molecule has 1 aromatic heterocycles. The van der Waals surface area contributed by atoms with E-state index in [1.165, 1.54) is 0 Å². The predicted molar refractivity (Wildman–Crippen MR) is 80.1 cm³/mol. The molecule has 0 spiro atoms. The molecule has 20 heavy (non-hydrogen) atoms. The van der Waals surface area contributed by atoms with Crippen molar-refractivity contribution in [2.45, 2.75) is 47.6 Å². The molecule has 2 N–H and O–H groups in total.